The number of halogens is 1. The maximum Gasteiger partial charge on any atom is 0.329 e. The number of benzene rings is 1. The molecule has 0 aliphatic carbocycles. The van der Waals surface area contributed by atoms with Gasteiger partial charge in [0.1, 0.15) is 0 Å². The van der Waals surface area contributed by atoms with E-state index >= 15 is 0 Å². The lowest BCUT2D eigenvalue weighted by Gasteiger charge is -2.11. The minimum absolute atomic E-state index is 0.319. The molecule has 0 aliphatic rings. The Morgan fingerprint density at radius 2 is 2.08 bits per heavy atom. The van der Waals surface area contributed by atoms with Crippen molar-refractivity contribution < 1.29 is 4.74 Å². The van der Waals surface area contributed by atoms with Crippen LogP contribution in [0.4, 0.5) is 5.95 Å². The molecule has 9 heteroatoms. The van der Waals surface area contributed by atoms with Crippen LogP contribution in [-0.2, 0) is 18.3 Å². The van der Waals surface area contributed by atoms with Crippen molar-refractivity contribution in [3.63, 3.8) is 0 Å². The molecule has 1 aromatic carbocycles. The SMILES string of the molecule is COCCCNc1nc2c(c(=O)[nH]c(=O)n2C)n1Cc1ccccc1Cl. The molecular formula is C17H20ClN5O3. The van der Waals surface area contributed by atoms with Gasteiger partial charge < -0.3 is 10.1 Å². The molecule has 2 aromatic heterocycles. The number of aryl methyl sites for hydroxylation is 1. The number of nitrogens with zero attached hydrogens (tertiary/aromatic N) is 3. The van der Waals surface area contributed by atoms with Crippen molar-refractivity contribution in [3.8, 4) is 0 Å². The summed E-state index contributed by atoms with van der Waals surface area (Å²) in [6.45, 7) is 1.58. The number of imidazole rings is 1. The van der Waals surface area contributed by atoms with Gasteiger partial charge in [0.2, 0.25) is 5.95 Å². The van der Waals surface area contributed by atoms with Gasteiger partial charge >= 0.3 is 5.69 Å². The number of aromatic amines is 1. The van der Waals surface area contributed by atoms with E-state index in [0.717, 1.165) is 12.0 Å². The second kappa shape index (κ2) is 7.76. The molecule has 138 valence electrons. The minimum Gasteiger partial charge on any atom is -0.385 e. The molecule has 3 rings (SSSR count). The van der Waals surface area contributed by atoms with E-state index in [1.54, 1.807) is 24.8 Å². The monoisotopic (exact) mass is 377 g/mol. The van der Waals surface area contributed by atoms with Gasteiger partial charge in [-0.2, -0.15) is 4.98 Å². The van der Waals surface area contributed by atoms with Crippen LogP contribution < -0.4 is 16.6 Å². The first-order valence-corrected chi connectivity index (χ1v) is 8.56. The maximum atomic E-state index is 12.4. The zero-order chi connectivity index (χ0) is 18.7. The lowest BCUT2D eigenvalue weighted by atomic mass is 10.2. The number of fused-ring (bicyclic) bond motifs is 1. The quantitative estimate of drug-likeness (QED) is 0.609. The summed E-state index contributed by atoms with van der Waals surface area (Å²) in [6, 6.07) is 7.41. The second-order valence-corrected chi connectivity index (χ2v) is 6.28. The highest BCUT2D eigenvalue weighted by Gasteiger charge is 2.18. The maximum absolute atomic E-state index is 12.4. The van der Waals surface area contributed by atoms with Gasteiger partial charge in [0.25, 0.3) is 5.56 Å². The molecule has 0 spiro atoms. The van der Waals surface area contributed by atoms with Crippen molar-refractivity contribution in [2.24, 2.45) is 7.05 Å². The van der Waals surface area contributed by atoms with Crippen LogP contribution in [0.5, 0.6) is 0 Å². The van der Waals surface area contributed by atoms with Crippen molar-refractivity contribution in [2.45, 2.75) is 13.0 Å². The average molecular weight is 378 g/mol. The van der Waals surface area contributed by atoms with Gasteiger partial charge in [-0.05, 0) is 18.1 Å². The fourth-order valence-corrected chi connectivity index (χ4v) is 2.93. The molecule has 0 unspecified atom stereocenters. The fraction of sp³-hybridized carbons (Fsp3) is 0.353. The zero-order valence-corrected chi connectivity index (χ0v) is 15.3. The van der Waals surface area contributed by atoms with E-state index in [2.05, 4.69) is 15.3 Å². The molecule has 0 aliphatic heterocycles. The van der Waals surface area contributed by atoms with E-state index in [4.69, 9.17) is 16.3 Å². The summed E-state index contributed by atoms with van der Waals surface area (Å²) in [6.07, 6.45) is 0.779. The van der Waals surface area contributed by atoms with Crippen molar-refractivity contribution >= 4 is 28.7 Å². The number of anilines is 1. The van der Waals surface area contributed by atoms with Crippen LogP contribution in [0.3, 0.4) is 0 Å². The fourth-order valence-electron chi connectivity index (χ4n) is 2.74. The Morgan fingerprint density at radius 3 is 2.81 bits per heavy atom. The van der Waals surface area contributed by atoms with Crippen LogP contribution in [0.15, 0.2) is 33.9 Å². The first-order chi connectivity index (χ1) is 12.5. The first-order valence-electron chi connectivity index (χ1n) is 8.18. The summed E-state index contributed by atoms with van der Waals surface area (Å²) in [5.74, 6) is 0.503. The summed E-state index contributed by atoms with van der Waals surface area (Å²) in [5, 5.41) is 3.81. The van der Waals surface area contributed by atoms with Gasteiger partial charge in [-0.3, -0.25) is 18.9 Å². The Morgan fingerprint density at radius 1 is 1.31 bits per heavy atom. The lowest BCUT2D eigenvalue weighted by Crippen LogP contribution is -2.29. The van der Waals surface area contributed by atoms with Crippen molar-refractivity contribution in [1.82, 2.24) is 19.1 Å². The Hall–Kier alpha value is -2.58. The third kappa shape index (κ3) is 3.51. The Balaban J connectivity index is 2.10. The molecule has 0 bridgehead atoms. The minimum atomic E-state index is -0.504. The topological polar surface area (TPSA) is 93.9 Å². The Kier molecular flexibility index (Phi) is 5.43. The number of ether oxygens (including phenoxy) is 1. The highest BCUT2D eigenvalue weighted by Crippen LogP contribution is 2.21. The molecule has 0 saturated carbocycles. The lowest BCUT2D eigenvalue weighted by molar-refractivity contribution is 0.197. The third-order valence-corrected chi connectivity index (χ3v) is 4.47. The molecule has 0 atom stereocenters. The molecule has 2 N–H and O–H groups in total. The number of hydrogen-bond acceptors (Lipinski definition) is 5. The largest absolute Gasteiger partial charge is 0.385 e. The van der Waals surface area contributed by atoms with Gasteiger partial charge in [0, 0.05) is 32.3 Å². The number of nitrogens with one attached hydrogen (secondary N) is 2. The number of H-pyrrole nitrogens is 1. The van der Waals surface area contributed by atoms with E-state index in [1.807, 2.05) is 18.2 Å². The van der Waals surface area contributed by atoms with Gasteiger partial charge in [0.05, 0.1) is 6.54 Å². The van der Waals surface area contributed by atoms with Gasteiger partial charge in [-0.1, -0.05) is 29.8 Å². The zero-order valence-electron chi connectivity index (χ0n) is 14.6. The van der Waals surface area contributed by atoms with Crippen LogP contribution in [0, 0.1) is 0 Å². The van der Waals surface area contributed by atoms with Gasteiger partial charge in [-0.15, -0.1) is 0 Å². The Labute approximate surface area is 154 Å². The summed E-state index contributed by atoms with van der Waals surface area (Å²) in [7, 11) is 3.21. The summed E-state index contributed by atoms with van der Waals surface area (Å²) >= 11 is 6.27. The smallest absolute Gasteiger partial charge is 0.329 e. The predicted molar refractivity (Wildman–Crippen MR) is 101 cm³/mol. The normalized spacial score (nSPS) is 11.2. The molecule has 0 amide bonds. The van der Waals surface area contributed by atoms with Crippen molar-refractivity contribution in [1.29, 1.82) is 0 Å². The van der Waals surface area contributed by atoms with Crippen molar-refractivity contribution in [3.05, 3.63) is 55.7 Å². The molecule has 3 aromatic rings. The highest BCUT2D eigenvalue weighted by molar-refractivity contribution is 6.31. The summed E-state index contributed by atoms with van der Waals surface area (Å²) in [5.41, 5.74) is 0.506. The van der Waals surface area contributed by atoms with Crippen LogP contribution in [-0.4, -0.2) is 39.4 Å². The van der Waals surface area contributed by atoms with E-state index in [-0.39, 0.29) is 0 Å². The average Bonchev–Trinajstić information content (AvgIpc) is 2.98. The van der Waals surface area contributed by atoms with E-state index < -0.39 is 11.2 Å². The number of hydrogen-bond donors (Lipinski definition) is 2. The van der Waals surface area contributed by atoms with Crippen LogP contribution in [0.2, 0.25) is 5.02 Å². The summed E-state index contributed by atoms with van der Waals surface area (Å²) < 4.78 is 8.11. The molecule has 0 saturated heterocycles. The molecule has 0 fully saturated rings. The standard InChI is InChI=1S/C17H20ClN5O3/c1-22-14-13(15(24)21-17(22)25)23(10-11-6-3-4-7-12(11)18)16(20-14)19-8-5-9-26-2/h3-4,6-7H,5,8-10H2,1-2H3,(H,19,20)(H,21,24,25). The van der Waals surface area contributed by atoms with E-state index in [9.17, 15) is 9.59 Å². The van der Waals surface area contributed by atoms with Crippen LogP contribution in [0.25, 0.3) is 11.2 Å². The first kappa shape index (κ1) is 18.2. The molecule has 2 heterocycles. The predicted octanol–water partition coefficient (Wildman–Crippen LogP) is 1.57. The number of rotatable bonds is 7. The molecule has 0 radical (unpaired) electrons. The van der Waals surface area contributed by atoms with Gasteiger partial charge in [-0.25, -0.2) is 4.79 Å². The van der Waals surface area contributed by atoms with Crippen LogP contribution >= 0.6 is 11.6 Å². The number of methoxy groups -OCH3 is 1. The van der Waals surface area contributed by atoms with Crippen LogP contribution in [0.1, 0.15) is 12.0 Å². The number of aromatic nitrogens is 4. The molecule has 26 heavy (non-hydrogen) atoms. The highest BCUT2D eigenvalue weighted by atomic mass is 35.5. The van der Waals surface area contributed by atoms with E-state index in [0.29, 0.717) is 41.8 Å². The molecule has 8 nitrogen and oxygen atoms in total. The second-order valence-electron chi connectivity index (χ2n) is 5.88. The van der Waals surface area contributed by atoms with Gasteiger partial charge in [0.15, 0.2) is 11.2 Å². The molecular weight excluding hydrogens is 358 g/mol. The van der Waals surface area contributed by atoms with Crippen molar-refractivity contribution in [2.75, 3.05) is 25.6 Å². The summed E-state index contributed by atoms with van der Waals surface area (Å²) in [4.78, 5) is 31.1. The third-order valence-electron chi connectivity index (χ3n) is 4.10. The Bertz CT molecular complexity index is 1040. The van der Waals surface area contributed by atoms with E-state index in [1.165, 1.54) is 4.57 Å².